The molecular formula is C17H15NO4. The second kappa shape index (κ2) is 6.67. The number of ketones is 1. The van der Waals surface area contributed by atoms with Crippen molar-refractivity contribution in [2.45, 2.75) is 12.8 Å². The van der Waals surface area contributed by atoms with Gasteiger partial charge in [0, 0.05) is 17.5 Å². The highest BCUT2D eigenvalue weighted by Gasteiger charge is 2.15. The number of aliphatic carboxylic acids is 1. The zero-order valence-corrected chi connectivity index (χ0v) is 11.8. The number of hydrogen-bond acceptors (Lipinski definition) is 3. The number of carbonyl (C=O) groups excluding carboxylic acids is 2. The number of carbonyl (C=O) groups is 3. The SMILES string of the molecule is NC(=O)c1cc(C(=O)CCC(=O)O)ccc1-c1ccccc1. The van der Waals surface area contributed by atoms with Crippen LogP contribution < -0.4 is 5.73 Å². The first kappa shape index (κ1) is 15.4. The second-order valence-corrected chi connectivity index (χ2v) is 4.81. The van der Waals surface area contributed by atoms with Gasteiger partial charge in [0.05, 0.1) is 6.42 Å². The lowest BCUT2D eigenvalue weighted by Crippen LogP contribution is -2.14. The van der Waals surface area contributed by atoms with Gasteiger partial charge in [-0.1, -0.05) is 42.5 Å². The van der Waals surface area contributed by atoms with Gasteiger partial charge in [0.15, 0.2) is 5.78 Å². The van der Waals surface area contributed by atoms with Gasteiger partial charge >= 0.3 is 5.97 Å². The van der Waals surface area contributed by atoms with Gasteiger partial charge in [-0.2, -0.15) is 0 Å². The molecule has 0 aromatic heterocycles. The Morgan fingerprint density at radius 2 is 1.64 bits per heavy atom. The lowest BCUT2D eigenvalue weighted by molar-refractivity contribution is -0.136. The molecule has 2 aromatic carbocycles. The molecule has 2 rings (SSSR count). The normalized spacial score (nSPS) is 10.2. The number of primary amides is 1. The highest BCUT2D eigenvalue weighted by atomic mass is 16.4. The van der Waals surface area contributed by atoms with Gasteiger partial charge in [0.25, 0.3) is 0 Å². The highest BCUT2D eigenvalue weighted by molar-refractivity contribution is 6.04. The van der Waals surface area contributed by atoms with E-state index >= 15 is 0 Å². The Morgan fingerprint density at radius 1 is 0.955 bits per heavy atom. The van der Waals surface area contributed by atoms with Crippen LogP contribution in [0.2, 0.25) is 0 Å². The summed E-state index contributed by atoms with van der Waals surface area (Å²) in [5.41, 5.74) is 7.39. The van der Waals surface area contributed by atoms with E-state index in [1.807, 2.05) is 30.3 Å². The number of amides is 1. The van der Waals surface area contributed by atoms with Gasteiger partial charge < -0.3 is 10.8 Å². The van der Waals surface area contributed by atoms with Crippen molar-refractivity contribution >= 4 is 17.7 Å². The van der Waals surface area contributed by atoms with E-state index in [1.165, 1.54) is 6.07 Å². The smallest absolute Gasteiger partial charge is 0.303 e. The Kier molecular flexibility index (Phi) is 4.68. The van der Waals surface area contributed by atoms with Gasteiger partial charge in [0.2, 0.25) is 5.91 Å². The summed E-state index contributed by atoms with van der Waals surface area (Å²) in [6.07, 6.45) is -0.358. The summed E-state index contributed by atoms with van der Waals surface area (Å²) in [4.78, 5) is 34.1. The molecule has 112 valence electrons. The van der Waals surface area contributed by atoms with Crippen molar-refractivity contribution in [3.8, 4) is 11.1 Å². The van der Waals surface area contributed by atoms with E-state index in [9.17, 15) is 14.4 Å². The van der Waals surface area contributed by atoms with Crippen LogP contribution >= 0.6 is 0 Å². The van der Waals surface area contributed by atoms with Crippen LogP contribution in [0, 0.1) is 0 Å². The van der Waals surface area contributed by atoms with Gasteiger partial charge in [-0.05, 0) is 17.2 Å². The molecule has 2 aromatic rings. The number of rotatable bonds is 6. The van der Waals surface area contributed by atoms with Crippen LogP contribution in [-0.4, -0.2) is 22.8 Å². The molecule has 0 aliphatic heterocycles. The maximum absolute atomic E-state index is 12.0. The number of hydrogen-bond donors (Lipinski definition) is 2. The van der Waals surface area contributed by atoms with Crippen molar-refractivity contribution in [1.29, 1.82) is 0 Å². The van der Waals surface area contributed by atoms with E-state index in [0.29, 0.717) is 5.56 Å². The van der Waals surface area contributed by atoms with Crippen molar-refractivity contribution < 1.29 is 19.5 Å². The van der Waals surface area contributed by atoms with Crippen molar-refractivity contribution in [3.05, 3.63) is 59.7 Å². The molecule has 0 aliphatic rings. The van der Waals surface area contributed by atoms with Gasteiger partial charge in [-0.25, -0.2) is 0 Å². The molecule has 5 nitrogen and oxygen atoms in total. The molecule has 0 saturated carbocycles. The average Bonchev–Trinajstić information content (AvgIpc) is 2.52. The van der Waals surface area contributed by atoms with Crippen LogP contribution in [0.3, 0.4) is 0 Å². The summed E-state index contributed by atoms with van der Waals surface area (Å²) in [6.45, 7) is 0. The Hall–Kier alpha value is -2.95. The molecule has 0 radical (unpaired) electrons. The maximum Gasteiger partial charge on any atom is 0.303 e. The topological polar surface area (TPSA) is 97.5 Å². The minimum absolute atomic E-state index is 0.113. The fourth-order valence-electron chi connectivity index (χ4n) is 2.16. The molecular weight excluding hydrogens is 282 g/mol. The van der Waals surface area contributed by atoms with Crippen molar-refractivity contribution in [3.63, 3.8) is 0 Å². The molecule has 3 N–H and O–H groups in total. The molecule has 0 unspecified atom stereocenters. The van der Waals surface area contributed by atoms with Gasteiger partial charge in [-0.3, -0.25) is 14.4 Å². The number of Topliss-reactive ketones (excluding diaryl/α,β-unsaturated/α-hetero) is 1. The van der Waals surface area contributed by atoms with Crippen LogP contribution in [0.1, 0.15) is 33.6 Å². The number of nitrogens with two attached hydrogens (primary N) is 1. The predicted molar refractivity (Wildman–Crippen MR) is 81.6 cm³/mol. The van der Waals surface area contributed by atoms with Gasteiger partial charge in [-0.15, -0.1) is 0 Å². The molecule has 0 heterocycles. The third-order valence-corrected chi connectivity index (χ3v) is 3.26. The Bertz CT molecular complexity index is 723. The van der Waals surface area contributed by atoms with Crippen molar-refractivity contribution in [1.82, 2.24) is 0 Å². The fourth-order valence-corrected chi connectivity index (χ4v) is 2.16. The molecule has 0 aliphatic carbocycles. The lowest BCUT2D eigenvalue weighted by atomic mass is 9.95. The number of carboxylic acids is 1. The summed E-state index contributed by atoms with van der Waals surface area (Å²) >= 11 is 0. The summed E-state index contributed by atoms with van der Waals surface area (Å²) < 4.78 is 0. The lowest BCUT2D eigenvalue weighted by Gasteiger charge is -2.09. The van der Waals surface area contributed by atoms with E-state index in [1.54, 1.807) is 12.1 Å². The standard InChI is InChI=1S/C17H15NO4/c18-17(22)14-10-12(15(19)8-9-16(20)21)6-7-13(14)11-4-2-1-3-5-11/h1-7,10H,8-9H2,(H2,18,22)(H,20,21). The number of benzene rings is 2. The van der Waals surface area contributed by atoms with Crippen LogP contribution in [0.5, 0.6) is 0 Å². The van der Waals surface area contributed by atoms with E-state index in [-0.39, 0.29) is 29.8 Å². The Balaban J connectivity index is 2.38. The van der Waals surface area contributed by atoms with E-state index < -0.39 is 11.9 Å². The van der Waals surface area contributed by atoms with Crippen molar-refractivity contribution in [2.75, 3.05) is 0 Å². The first-order chi connectivity index (χ1) is 10.5. The largest absolute Gasteiger partial charge is 0.481 e. The zero-order chi connectivity index (χ0) is 16.1. The second-order valence-electron chi connectivity index (χ2n) is 4.81. The molecule has 0 spiro atoms. The predicted octanol–water partition coefficient (Wildman–Crippen LogP) is 2.50. The Labute approximate surface area is 127 Å². The number of carboxylic acid groups (broad SMARTS) is 1. The van der Waals surface area contributed by atoms with Crippen LogP contribution in [-0.2, 0) is 4.79 Å². The quantitative estimate of drug-likeness (QED) is 0.800. The Morgan fingerprint density at radius 3 is 2.23 bits per heavy atom. The first-order valence-electron chi connectivity index (χ1n) is 6.73. The van der Waals surface area contributed by atoms with Crippen LogP contribution in [0.25, 0.3) is 11.1 Å². The molecule has 0 saturated heterocycles. The molecule has 0 fully saturated rings. The first-order valence-corrected chi connectivity index (χ1v) is 6.73. The molecule has 0 bridgehead atoms. The molecule has 5 heteroatoms. The minimum atomic E-state index is -1.04. The summed E-state index contributed by atoms with van der Waals surface area (Å²) in [5, 5.41) is 8.62. The maximum atomic E-state index is 12.0. The molecule has 1 amide bonds. The van der Waals surface area contributed by atoms with Gasteiger partial charge in [0.1, 0.15) is 0 Å². The van der Waals surface area contributed by atoms with Crippen LogP contribution in [0.15, 0.2) is 48.5 Å². The van der Waals surface area contributed by atoms with Crippen LogP contribution in [0.4, 0.5) is 0 Å². The van der Waals surface area contributed by atoms with E-state index in [4.69, 9.17) is 10.8 Å². The highest BCUT2D eigenvalue weighted by Crippen LogP contribution is 2.25. The fraction of sp³-hybridized carbons (Fsp3) is 0.118. The van der Waals surface area contributed by atoms with E-state index in [0.717, 1.165) is 5.56 Å². The average molecular weight is 297 g/mol. The van der Waals surface area contributed by atoms with Crippen molar-refractivity contribution in [2.24, 2.45) is 5.73 Å². The monoisotopic (exact) mass is 297 g/mol. The van der Waals surface area contributed by atoms with E-state index in [2.05, 4.69) is 0 Å². The summed E-state index contributed by atoms with van der Waals surface area (Å²) in [7, 11) is 0. The summed E-state index contributed by atoms with van der Waals surface area (Å²) in [6, 6.07) is 13.9. The molecule has 0 atom stereocenters. The molecule has 22 heavy (non-hydrogen) atoms. The third kappa shape index (κ3) is 3.58. The zero-order valence-electron chi connectivity index (χ0n) is 11.8. The minimum Gasteiger partial charge on any atom is -0.481 e. The third-order valence-electron chi connectivity index (χ3n) is 3.26. The summed E-state index contributed by atoms with van der Waals surface area (Å²) in [5.74, 6) is -2.00.